The van der Waals surface area contributed by atoms with Crippen LogP contribution >= 0.6 is 0 Å². The molecule has 1 aliphatic heterocycles. The van der Waals surface area contributed by atoms with E-state index in [0.29, 0.717) is 12.8 Å². The molecular weight excluding hydrogens is 282 g/mol. The number of carbonyl (C=O) groups excluding carboxylic acids is 2. The third kappa shape index (κ3) is 4.84. The van der Waals surface area contributed by atoms with Gasteiger partial charge in [-0.05, 0) is 39.2 Å². The molecule has 1 saturated heterocycles. The number of benzene rings is 1. The molecule has 1 heterocycles. The molecule has 1 fully saturated rings. The van der Waals surface area contributed by atoms with Crippen molar-refractivity contribution < 1.29 is 19.1 Å². The molecule has 1 aromatic rings. The van der Waals surface area contributed by atoms with Crippen molar-refractivity contribution in [3.05, 3.63) is 35.9 Å². The Morgan fingerprint density at radius 2 is 1.68 bits per heavy atom. The summed E-state index contributed by atoms with van der Waals surface area (Å²) in [6.45, 7) is 5.72. The fraction of sp³-hybridized carbons (Fsp3) is 0.529. The highest BCUT2D eigenvalue weighted by atomic mass is 16.6. The van der Waals surface area contributed by atoms with Crippen LogP contribution in [0.5, 0.6) is 0 Å². The van der Waals surface area contributed by atoms with Gasteiger partial charge in [0.1, 0.15) is 24.3 Å². The summed E-state index contributed by atoms with van der Waals surface area (Å²) in [4.78, 5) is 24.0. The van der Waals surface area contributed by atoms with E-state index in [1.807, 2.05) is 51.1 Å². The van der Waals surface area contributed by atoms with Gasteiger partial charge in [-0.3, -0.25) is 14.9 Å². The summed E-state index contributed by atoms with van der Waals surface area (Å²) in [6.07, 6.45) is 1.16. The highest BCUT2D eigenvalue weighted by Gasteiger charge is 2.36. The highest BCUT2D eigenvalue weighted by molar-refractivity contribution is 5.81. The average Bonchev–Trinajstić information content (AvgIpc) is 2.94. The second-order valence-corrected chi connectivity index (χ2v) is 6.48. The van der Waals surface area contributed by atoms with Crippen LogP contribution in [0.1, 0.15) is 39.2 Å². The molecular formula is C17H23NO4. The van der Waals surface area contributed by atoms with Gasteiger partial charge in [-0.25, -0.2) is 0 Å². The van der Waals surface area contributed by atoms with Gasteiger partial charge in [-0.2, -0.15) is 0 Å². The molecule has 0 aromatic heterocycles. The van der Waals surface area contributed by atoms with Crippen LogP contribution in [0.15, 0.2) is 30.3 Å². The summed E-state index contributed by atoms with van der Waals surface area (Å²) < 4.78 is 10.6. The molecule has 22 heavy (non-hydrogen) atoms. The van der Waals surface area contributed by atoms with Crippen LogP contribution in [0.25, 0.3) is 0 Å². The normalized spacial score (nSPS) is 21.4. The Kier molecular flexibility index (Phi) is 5.19. The Bertz CT molecular complexity index is 521. The third-order valence-corrected chi connectivity index (χ3v) is 3.35. The van der Waals surface area contributed by atoms with Crippen molar-refractivity contribution in [1.82, 2.24) is 5.32 Å². The maximum atomic E-state index is 12.0. The molecule has 0 amide bonds. The largest absolute Gasteiger partial charge is 0.460 e. The zero-order chi connectivity index (χ0) is 16.2. The van der Waals surface area contributed by atoms with Crippen molar-refractivity contribution in [3.63, 3.8) is 0 Å². The van der Waals surface area contributed by atoms with Crippen LogP contribution in [0, 0.1) is 0 Å². The van der Waals surface area contributed by atoms with Crippen molar-refractivity contribution in [2.75, 3.05) is 0 Å². The predicted octanol–water partition coefficient (Wildman–Crippen LogP) is 2.19. The number of ether oxygens (including phenoxy) is 2. The number of hydrogen-bond donors (Lipinski definition) is 1. The minimum absolute atomic E-state index is 0.245. The summed E-state index contributed by atoms with van der Waals surface area (Å²) in [5.41, 5.74) is 0.419. The van der Waals surface area contributed by atoms with E-state index in [-0.39, 0.29) is 18.5 Å². The minimum Gasteiger partial charge on any atom is -0.460 e. The summed E-state index contributed by atoms with van der Waals surface area (Å²) >= 11 is 0. The van der Waals surface area contributed by atoms with Gasteiger partial charge in [0.05, 0.1) is 0 Å². The summed E-state index contributed by atoms with van der Waals surface area (Å²) in [6, 6.07) is 8.63. The quantitative estimate of drug-likeness (QED) is 0.864. The summed E-state index contributed by atoms with van der Waals surface area (Å²) in [7, 11) is 0. The molecule has 0 aliphatic carbocycles. The van der Waals surface area contributed by atoms with Crippen LogP contribution < -0.4 is 5.32 Å². The molecule has 2 rings (SSSR count). The second-order valence-electron chi connectivity index (χ2n) is 6.48. The van der Waals surface area contributed by atoms with Gasteiger partial charge in [-0.15, -0.1) is 0 Å². The second kappa shape index (κ2) is 6.92. The molecule has 0 bridgehead atoms. The van der Waals surface area contributed by atoms with E-state index < -0.39 is 17.7 Å². The standard InChI is InChI=1S/C17H23NO4/c1-17(2,3)22-16(20)14-10-9-13(18-14)15(19)21-11-12-7-5-4-6-8-12/h4-8,13-14,18H,9-11H2,1-3H3. The van der Waals surface area contributed by atoms with E-state index in [1.54, 1.807) is 0 Å². The molecule has 0 radical (unpaired) electrons. The fourth-order valence-corrected chi connectivity index (χ4v) is 2.32. The van der Waals surface area contributed by atoms with E-state index >= 15 is 0 Å². The van der Waals surface area contributed by atoms with Crippen molar-refractivity contribution in [3.8, 4) is 0 Å². The van der Waals surface area contributed by atoms with E-state index in [2.05, 4.69) is 5.32 Å². The number of nitrogens with one attached hydrogen (secondary N) is 1. The molecule has 5 heteroatoms. The Hall–Kier alpha value is -1.88. The van der Waals surface area contributed by atoms with Crippen LogP contribution in [0.3, 0.4) is 0 Å². The average molecular weight is 305 g/mol. The number of rotatable bonds is 4. The van der Waals surface area contributed by atoms with Crippen molar-refractivity contribution in [2.45, 2.75) is 57.9 Å². The SMILES string of the molecule is CC(C)(C)OC(=O)C1CCC(C(=O)OCc2ccccc2)N1. The maximum Gasteiger partial charge on any atom is 0.323 e. The van der Waals surface area contributed by atoms with Gasteiger partial charge in [0, 0.05) is 0 Å². The topological polar surface area (TPSA) is 64.6 Å². The molecule has 0 saturated carbocycles. The van der Waals surface area contributed by atoms with Gasteiger partial charge in [-0.1, -0.05) is 30.3 Å². The summed E-state index contributed by atoms with van der Waals surface area (Å²) in [5.74, 6) is -0.638. The van der Waals surface area contributed by atoms with E-state index in [9.17, 15) is 9.59 Å². The summed E-state index contributed by atoms with van der Waals surface area (Å²) in [5, 5.41) is 3.00. The Morgan fingerprint density at radius 1 is 1.09 bits per heavy atom. The number of esters is 2. The lowest BCUT2D eigenvalue weighted by atomic mass is 10.1. The monoisotopic (exact) mass is 305 g/mol. The molecule has 2 unspecified atom stereocenters. The first kappa shape index (κ1) is 16.5. The zero-order valence-electron chi connectivity index (χ0n) is 13.3. The fourth-order valence-electron chi connectivity index (χ4n) is 2.32. The smallest absolute Gasteiger partial charge is 0.323 e. The maximum absolute atomic E-state index is 12.0. The molecule has 1 aromatic carbocycles. The first-order valence-corrected chi connectivity index (χ1v) is 7.54. The molecule has 0 spiro atoms. The van der Waals surface area contributed by atoms with Crippen molar-refractivity contribution >= 4 is 11.9 Å². The Morgan fingerprint density at radius 3 is 2.27 bits per heavy atom. The zero-order valence-corrected chi connectivity index (χ0v) is 13.3. The van der Waals surface area contributed by atoms with Gasteiger partial charge in [0.2, 0.25) is 0 Å². The lowest BCUT2D eigenvalue weighted by molar-refractivity contribution is -0.157. The van der Waals surface area contributed by atoms with Crippen LogP contribution in [0.2, 0.25) is 0 Å². The van der Waals surface area contributed by atoms with Crippen LogP contribution in [-0.4, -0.2) is 29.6 Å². The Balaban J connectivity index is 1.80. The van der Waals surface area contributed by atoms with Crippen molar-refractivity contribution in [2.24, 2.45) is 0 Å². The molecule has 120 valence electrons. The first-order valence-electron chi connectivity index (χ1n) is 7.54. The first-order chi connectivity index (χ1) is 10.3. The molecule has 2 atom stereocenters. The van der Waals surface area contributed by atoms with Gasteiger partial charge >= 0.3 is 11.9 Å². The number of carbonyl (C=O) groups is 2. The lowest BCUT2D eigenvalue weighted by Crippen LogP contribution is -2.42. The molecule has 1 N–H and O–H groups in total. The predicted molar refractivity (Wildman–Crippen MR) is 82.0 cm³/mol. The minimum atomic E-state index is -0.523. The van der Waals surface area contributed by atoms with Gasteiger partial charge in [0.25, 0.3) is 0 Å². The number of hydrogen-bond acceptors (Lipinski definition) is 5. The molecule has 5 nitrogen and oxygen atoms in total. The van der Waals surface area contributed by atoms with Crippen molar-refractivity contribution in [1.29, 1.82) is 0 Å². The molecule has 1 aliphatic rings. The lowest BCUT2D eigenvalue weighted by Gasteiger charge is -2.22. The van der Waals surface area contributed by atoms with E-state index in [1.165, 1.54) is 0 Å². The van der Waals surface area contributed by atoms with Crippen LogP contribution in [0.4, 0.5) is 0 Å². The third-order valence-electron chi connectivity index (χ3n) is 3.35. The van der Waals surface area contributed by atoms with E-state index in [0.717, 1.165) is 5.56 Å². The van der Waals surface area contributed by atoms with Gasteiger partial charge in [0.15, 0.2) is 0 Å². The Labute approximate surface area is 131 Å². The van der Waals surface area contributed by atoms with E-state index in [4.69, 9.17) is 9.47 Å². The van der Waals surface area contributed by atoms with Crippen LogP contribution in [-0.2, 0) is 25.7 Å². The highest BCUT2D eigenvalue weighted by Crippen LogP contribution is 2.18. The van der Waals surface area contributed by atoms with Gasteiger partial charge < -0.3 is 9.47 Å².